The number of aromatic nitrogens is 4. The summed E-state index contributed by atoms with van der Waals surface area (Å²) < 4.78 is 2.06. The Balaban J connectivity index is 1.96. The zero-order chi connectivity index (χ0) is 13.7. The summed E-state index contributed by atoms with van der Waals surface area (Å²) in [4.78, 5) is 14.6. The summed E-state index contributed by atoms with van der Waals surface area (Å²) in [6, 6.07) is 2.29. The smallest absolute Gasteiger partial charge is 0.133 e. The molecule has 2 aromatic rings. The molecule has 0 aliphatic rings. The summed E-state index contributed by atoms with van der Waals surface area (Å²) in [5, 5.41) is 3.33. The first-order valence-electron chi connectivity index (χ1n) is 6.45. The Kier molecular flexibility index (Phi) is 4.33. The van der Waals surface area contributed by atoms with E-state index in [0.717, 1.165) is 24.7 Å². The Morgan fingerprint density at radius 2 is 2.26 bits per heavy atom. The van der Waals surface area contributed by atoms with Gasteiger partial charge in [-0.2, -0.15) is 0 Å². The Hall–Kier alpha value is -2.11. The topological polar surface area (TPSA) is 58.9 Å². The largest absolute Gasteiger partial charge is 0.368 e. The maximum atomic E-state index is 4.25. The second-order valence-electron chi connectivity index (χ2n) is 4.52. The third kappa shape index (κ3) is 3.43. The summed E-state index contributed by atoms with van der Waals surface area (Å²) in [5.41, 5.74) is 0. The molecular weight excluding hydrogens is 240 g/mol. The molecule has 0 radical (unpaired) electrons. The number of nitrogens with zero attached hydrogens (tertiary/aromatic N) is 5. The predicted octanol–water partition coefficient (Wildman–Crippen LogP) is 1.80. The fourth-order valence-corrected chi connectivity index (χ4v) is 1.70. The summed E-state index contributed by atoms with van der Waals surface area (Å²) in [6.07, 6.45) is 7.16. The van der Waals surface area contributed by atoms with Crippen molar-refractivity contribution in [2.24, 2.45) is 0 Å². The molecule has 0 aliphatic carbocycles. The van der Waals surface area contributed by atoms with E-state index in [0.29, 0.717) is 6.04 Å². The second kappa shape index (κ2) is 6.17. The molecule has 0 bridgehead atoms. The van der Waals surface area contributed by atoms with Crippen molar-refractivity contribution in [3.8, 4) is 0 Å². The van der Waals surface area contributed by atoms with E-state index in [9.17, 15) is 0 Å². The van der Waals surface area contributed by atoms with Crippen molar-refractivity contribution >= 4 is 11.6 Å². The molecule has 2 heterocycles. The van der Waals surface area contributed by atoms with Gasteiger partial charge in [0.05, 0.1) is 6.33 Å². The second-order valence-corrected chi connectivity index (χ2v) is 4.52. The average molecular weight is 260 g/mol. The van der Waals surface area contributed by atoms with Crippen molar-refractivity contribution in [3.05, 3.63) is 31.1 Å². The minimum Gasteiger partial charge on any atom is -0.368 e. The molecule has 6 heteroatoms. The van der Waals surface area contributed by atoms with Crippen LogP contribution in [0.4, 0.5) is 11.6 Å². The van der Waals surface area contributed by atoms with Gasteiger partial charge in [-0.3, -0.25) is 0 Å². The highest BCUT2D eigenvalue weighted by molar-refractivity contribution is 5.47. The zero-order valence-corrected chi connectivity index (χ0v) is 11.6. The molecule has 0 saturated heterocycles. The lowest BCUT2D eigenvalue weighted by Gasteiger charge is -2.17. The van der Waals surface area contributed by atoms with E-state index in [1.54, 1.807) is 12.5 Å². The van der Waals surface area contributed by atoms with Gasteiger partial charge in [0.2, 0.25) is 0 Å². The molecule has 0 saturated carbocycles. The first-order chi connectivity index (χ1) is 9.20. The van der Waals surface area contributed by atoms with Crippen LogP contribution in [-0.2, 0) is 0 Å². The number of anilines is 2. The molecule has 2 aromatic heterocycles. The van der Waals surface area contributed by atoms with Crippen LogP contribution in [0.3, 0.4) is 0 Å². The number of rotatable bonds is 6. The van der Waals surface area contributed by atoms with E-state index in [1.165, 1.54) is 0 Å². The Morgan fingerprint density at radius 3 is 2.95 bits per heavy atom. The van der Waals surface area contributed by atoms with Crippen molar-refractivity contribution in [1.82, 2.24) is 19.5 Å². The van der Waals surface area contributed by atoms with Gasteiger partial charge in [0, 0.05) is 44.6 Å². The maximum absolute atomic E-state index is 4.25. The lowest BCUT2D eigenvalue weighted by Crippen LogP contribution is -2.19. The molecule has 0 aliphatic heterocycles. The highest BCUT2D eigenvalue weighted by Crippen LogP contribution is 2.13. The first kappa shape index (κ1) is 13.3. The minimum absolute atomic E-state index is 0.324. The van der Waals surface area contributed by atoms with E-state index in [4.69, 9.17) is 0 Å². The van der Waals surface area contributed by atoms with Crippen molar-refractivity contribution in [2.75, 3.05) is 30.4 Å². The third-order valence-corrected chi connectivity index (χ3v) is 3.13. The van der Waals surface area contributed by atoms with E-state index in [-0.39, 0.29) is 0 Å². The molecule has 0 fully saturated rings. The summed E-state index contributed by atoms with van der Waals surface area (Å²) >= 11 is 0. The summed E-state index contributed by atoms with van der Waals surface area (Å²) in [5.74, 6) is 1.77. The van der Waals surface area contributed by atoms with Crippen LogP contribution in [0, 0.1) is 0 Å². The van der Waals surface area contributed by atoms with E-state index < -0.39 is 0 Å². The lowest BCUT2D eigenvalue weighted by atomic mass is 10.3. The third-order valence-electron chi connectivity index (χ3n) is 3.13. The van der Waals surface area contributed by atoms with Gasteiger partial charge in [0.25, 0.3) is 0 Å². The van der Waals surface area contributed by atoms with E-state index in [1.807, 2.05) is 25.6 Å². The monoisotopic (exact) mass is 260 g/mol. The molecule has 102 valence electrons. The van der Waals surface area contributed by atoms with Crippen LogP contribution < -0.4 is 10.2 Å². The quantitative estimate of drug-likeness (QED) is 0.858. The fraction of sp³-hybridized carbons (Fsp3) is 0.462. The van der Waals surface area contributed by atoms with Crippen LogP contribution in [0.15, 0.2) is 31.1 Å². The van der Waals surface area contributed by atoms with Crippen LogP contribution in [0.25, 0.3) is 0 Å². The van der Waals surface area contributed by atoms with Gasteiger partial charge in [0.1, 0.15) is 18.0 Å². The van der Waals surface area contributed by atoms with Crippen molar-refractivity contribution < 1.29 is 0 Å². The average Bonchev–Trinajstić information content (AvgIpc) is 2.98. The molecule has 0 amide bonds. The van der Waals surface area contributed by atoms with Crippen LogP contribution in [0.1, 0.15) is 19.9 Å². The first-order valence-corrected chi connectivity index (χ1v) is 6.45. The Bertz CT molecular complexity index is 496. The highest BCUT2D eigenvalue weighted by Gasteiger charge is 2.05. The SMILES string of the molecule is CCN(C)c1cc(NCC(C)n2ccnc2)ncn1. The van der Waals surface area contributed by atoms with Crippen LogP contribution in [0.5, 0.6) is 0 Å². The maximum Gasteiger partial charge on any atom is 0.133 e. The van der Waals surface area contributed by atoms with Gasteiger partial charge in [-0.1, -0.05) is 0 Å². The normalized spacial score (nSPS) is 12.2. The van der Waals surface area contributed by atoms with E-state index in [2.05, 4.69) is 43.6 Å². The predicted molar refractivity (Wildman–Crippen MR) is 76.4 cm³/mol. The standard InChI is InChI=1S/C13H20N6/c1-4-18(3)13-7-12(16-9-17-13)15-8-11(2)19-6-5-14-10-19/h5-7,9-11H,4,8H2,1-3H3,(H,15,16,17). The summed E-state index contributed by atoms with van der Waals surface area (Å²) in [7, 11) is 2.01. The van der Waals surface area contributed by atoms with Crippen LogP contribution in [-0.4, -0.2) is 39.7 Å². The van der Waals surface area contributed by atoms with Crippen molar-refractivity contribution in [3.63, 3.8) is 0 Å². The van der Waals surface area contributed by atoms with Gasteiger partial charge in [0.15, 0.2) is 0 Å². The molecule has 0 spiro atoms. The van der Waals surface area contributed by atoms with Gasteiger partial charge in [-0.15, -0.1) is 0 Å². The van der Waals surface area contributed by atoms with Gasteiger partial charge >= 0.3 is 0 Å². The Labute approximate surface area is 113 Å². The molecule has 1 atom stereocenters. The molecule has 19 heavy (non-hydrogen) atoms. The van der Waals surface area contributed by atoms with Gasteiger partial charge < -0.3 is 14.8 Å². The van der Waals surface area contributed by atoms with Crippen molar-refractivity contribution in [2.45, 2.75) is 19.9 Å². The molecule has 1 unspecified atom stereocenters. The molecular formula is C13H20N6. The fourth-order valence-electron chi connectivity index (χ4n) is 1.70. The highest BCUT2D eigenvalue weighted by atomic mass is 15.2. The number of imidazole rings is 1. The molecule has 6 nitrogen and oxygen atoms in total. The van der Waals surface area contributed by atoms with Gasteiger partial charge in [-0.05, 0) is 13.8 Å². The van der Waals surface area contributed by atoms with Crippen molar-refractivity contribution in [1.29, 1.82) is 0 Å². The number of hydrogen-bond donors (Lipinski definition) is 1. The summed E-state index contributed by atoms with van der Waals surface area (Å²) in [6.45, 7) is 5.94. The molecule has 2 rings (SSSR count). The minimum atomic E-state index is 0.324. The van der Waals surface area contributed by atoms with E-state index >= 15 is 0 Å². The Morgan fingerprint density at radius 1 is 1.42 bits per heavy atom. The van der Waals surface area contributed by atoms with Crippen LogP contribution in [0.2, 0.25) is 0 Å². The number of hydrogen-bond acceptors (Lipinski definition) is 5. The molecule has 1 N–H and O–H groups in total. The zero-order valence-electron chi connectivity index (χ0n) is 11.6. The number of nitrogens with one attached hydrogen (secondary N) is 1. The lowest BCUT2D eigenvalue weighted by molar-refractivity contribution is 0.572. The molecule has 0 aromatic carbocycles. The van der Waals surface area contributed by atoms with Gasteiger partial charge in [-0.25, -0.2) is 15.0 Å². The van der Waals surface area contributed by atoms with Crippen LogP contribution >= 0.6 is 0 Å².